The number of hydrogen-bond donors (Lipinski definition) is 0. The maximum absolute atomic E-state index is 12.4. The van der Waals surface area contributed by atoms with E-state index in [4.69, 9.17) is 11.6 Å². The number of carbonyl (C=O) groups excluding carboxylic acids is 1. The fourth-order valence-corrected chi connectivity index (χ4v) is 4.66. The molecular formula is C23H25ClN4OS. The summed E-state index contributed by atoms with van der Waals surface area (Å²) in [5.41, 5.74) is 1.97. The molecule has 0 radical (unpaired) electrons. The molecule has 1 fully saturated rings. The van der Waals surface area contributed by atoms with Gasteiger partial charge in [-0.2, -0.15) is 0 Å². The van der Waals surface area contributed by atoms with E-state index in [0.717, 1.165) is 60.3 Å². The number of benzene rings is 2. The summed E-state index contributed by atoms with van der Waals surface area (Å²) in [4.78, 5) is 14.4. The number of aromatic nitrogens is 3. The zero-order valence-corrected chi connectivity index (χ0v) is 18.4. The molecule has 1 aromatic heterocycles. The molecule has 0 atom stereocenters. The molecule has 1 saturated heterocycles. The fraction of sp³-hybridized carbons (Fsp3) is 0.348. The lowest BCUT2D eigenvalue weighted by Gasteiger charge is -2.26. The van der Waals surface area contributed by atoms with Crippen LogP contribution in [0, 0.1) is 0 Å². The Balaban J connectivity index is 1.46. The van der Waals surface area contributed by atoms with Crippen molar-refractivity contribution in [2.45, 2.75) is 37.3 Å². The van der Waals surface area contributed by atoms with Gasteiger partial charge in [0.2, 0.25) is 5.91 Å². The molecule has 1 amide bonds. The average Bonchev–Trinajstić information content (AvgIpc) is 3.22. The van der Waals surface area contributed by atoms with Crippen LogP contribution < -0.4 is 0 Å². The van der Waals surface area contributed by atoms with Crippen molar-refractivity contribution in [2.24, 2.45) is 0 Å². The van der Waals surface area contributed by atoms with Crippen molar-refractivity contribution in [3.05, 3.63) is 59.6 Å². The molecule has 0 bridgehead atoms. The third-order valence-corrected chi connectivity index (χ3v) is 6.49. The second-order valence-electron chi connectivity index (χ2n) is 7.38. The van der Waals surface area contributed by atoms with Crippen molar-refractivity contribution in [1.82, 2.24) is 19.7 Å². The fourth-order valence-electron chi connectivity index (χ4n) is 3.65. The van der Waals surface area contributed by atoms with Crippen LogP contribution in [0.5, 0.6) is 0 Å². The lowest BCUT2D eigenvalue weighted by atomic mass is 10.1. The van der Waals surface area contributed by atoms with E-state index in [2.05, 4.69) is 14.8 Å². The number of rotatable bonds is 7. The Morgan fingerprint density at radius 2 is 1.70 bits per heavy atom. The van der Waals surface area contributed by atoms with Crippen LogP contribution in [0.15, 0.2) is 59.8 Å². The molecule has 7 heteroatoms. The number of carbonyl (C=O) groups is 1. The Morgan fingerprint density at radius 1 is 0.967 bits per heavy atom. The van der Waals surface area contributed by atoms with E-state index < -0.39 is 0 Å². The first kappa shape index (κ1) is 20.9. The third-order valence-electron chi connectivity index (χ3n) is 5.23. The van der Waals surface area contributed by atoms with E-state index in [1.54, 1.807) is 11.8 Å². The van der Waals surface area contributed by atoms with Gasteiger partial charge in [-0.25, -0.2) is 0 Å². The highest BCUT2D eigenvalue weighted by molar-refractivity contribution is 7.99. The first-order valence-corrected chi connectivity index (χ1v) is 11.8. The van der Waals surface area contributed by atoms with Gasteiger partial charge in [0.1, 0.15) is 0 Å². The summed E-state index contributed by atoms with van der Waals surface area (Å²) in [5, 5.41) is 10.4. The first-order valence-electron chi connectivity index (χ1n) is 10.4. The molecule has 0 unspecified atom stereocenters. The summed E-state index contributed by atoms with van der Waals surface area (Å²) in [6, 6.07) is 17.7. The van der Waals surface area contributed by atoms with Crippen molar-refractivity contribution >= 4 is 29.3 Å². The molecule has 0 aliphatic carbocycles. The normalized spacial score (nSPS) is 14.1. The van der Waals surface area contributed by atoms with Gasteiger partial charge in [-0.1, -0.05) is 41.6 Å². The van der Waals surface area contributed by atoms with Crippen LogP contribution in [0.1, 0.15) is 32.1 Å². The minimum atomic E-state index is 0.279. The predicted molar refractivity (Wildman–Crippen MR) is 122 cm³/mol. The van der Waals surface area contributed by atoms with Crippen LogP contribution in [-0.2, 0) is 4.79 Å². The highest BCUT2D eigenvalue weighted by Crippen LogP contribution is 2.29. The smallest absolute Gasteiger partial charge is 0.222 e. The first-order chi connectivity index (χ1) is 14.7. The molecule has 3 aromatic rings. The Morgan fingerprint density at radius 3 is 2.43 bits per heavy atom. The van der Waals surface area contributed by atoms with Crippen LogP contribution in [0.25, 0.3) is 17.1 Å². The number of piperidine rings is 1. The molecule has 0 spiro atoms. The maximum atomic E-state index is 12.4. The second-order valence-corrected chi connectivity index (χ2v) is 8.88. The highest BCUT2D eigenvalue weighted by atomic mass is 35.5. The van der Waals surface area contributed by atoms with Crippen molar-refractivity contribution in [3.63, 3.8) is 0 Å². The van der Waals surface area contributed by atoms with Gasteiger partial charge < -0.3 is 4.90 Å². The topological polar surface area (TPSA) is 51.0 Å². The van der Waals surface area contributed by atoms with E-state index in [1.807, 2.05) is 59.5 Å². The van der Waals surface area contributed by atoms with Gasteiger partial charge >= 0.3 is 0 Å². The van der Waals surface area contributed by atoms with Gasteiger partial charge in [-0.3, -0.25) is 9.36 Å². The van der Waals surface area contributed by atoms with E-state index in [1.165, 1.54) is 6.42 Å². The van der Waals surface area contributed by atoms with Gasteiger partial charge in [0, 0.05) is 41.5 Å². The lowest BCUT2D eigenvalue weighted by molar-refractivity contribution is -0.132. The number of likely N-dealkylation sites (tertiary alicyclic amines) is 1. The molecule has 2 heterocycles. The van der Waals surface area contributed by atoms with Crippen molar-refractivity contribution in [2.75, 3.05) is 18.8 Å². The largest absolute Gasteiger partial charge is 0.343 e. The quantitative estimate of drug-likeness (QED) is 0.361. The van der Waals surface area contributed by atoms with E-state index >= 15 is 0 Å². The minimum absolute atomic E-state index is 0.279. The van der Waals surface area contributed by atoms with Crippen LogP contribution in [0.3, 0.4) is 0 Å². The van der Waals surface area contributed by atoms with Crippen molar-refractivity contribution in [3.8, 4) is 17.1 Å². The summed E-state index contributed by atoms with van der Waals surface area (Å²) >= 11 is 7.69. The van der Waals surface area contributed by atoms with E-state index in [-0.39, 0.29) is 5.91 Å². The Hall–Kier alpha value is -2.31. The molecule has 1 aliphatic heterocycles. The summed E-state index contributed by atoms with van der Waals surface area (Å²) in [6.07, 6.45) is 4.93. The second kappa shape index (κ2) is 10.1. The van der Waals surface area contributed by atoms with Crippen LogP contribution in [-0.4, -0.2) is 44.4 Å². The zero-order chi connectivity index (χ0) is 20.8. The standard InChI is InChI=1S/C23H25ClN4OS/c24-19-13-11-18(12-14-19)22-25-26-23(28(22)20-8-3-1-4-9-20)30-17-7-10-21(29)27-15-5-2-6-16-27/h1,3-4,8-9,11-14H,2,5-7,10,15-17H2. The number of hydrogen-bond acceptors (Lipinski definition) is 4. The van der Waals surface area contributed by atoms with Crippen LogP contribution in [0.4, 0.5) is 0 Å². The lowest BCUT2D eigenvalue weighted by Crippen LogP contribution is -2.35. The number of nitrogens with zero attached hydrogens (tertiary/aromatic N) is 4. The SMILES string of the molecule is O=C(CCCSc1nnc(-c2ccc(Cl)cc2)n1-c1ccccc1)N1CCCCC1. The van der Waals surface area contributed by atoms with Gasteiger partial charge in [-0.05, 0) is 62.1 Å². The number of amides is 1. The maximum Gasteiger partial charge on any atom is 0.222 e. The predicted octanol–water partition coefficient (Wildman–Crippen LogP) is 5.47. The molecule has 0 saturated carbocycles. The monoisotopic (exact) mass is 440 g/mol. The molecule has 2 aromatic carbocycles. The number of thioether (sulfide) groups is 1. The summed E-state index contributed by atoms with van der Waals surface area (Å²) < 4.78 is 2.07. The van der Waals surface area contributed by atoms with Crippen molar-refractivity contribution in [1.29, 1.82) is 0 Å². The number of halogens is 1. The molecule has 0 N–H and O–H groups in total. The summed E-state index contributed by atoms with van der Waals surface area (Å²) in [5.74, 6) is 1.89. The molecule has 5 nitrogen and oxygen atoms in total. The van der Waals surface area contributed by atoms with Gasteiger partial charge in [0.05, 0.1) is 0 Å². The highest BCUT2D eigenvalue weighted by Gasteiger charge is 2.18. The molecule has 30 heavy (non-hydrogen) atoms. The third kappa shape index (κ3) is 5.05. The Bertz CT molecular complexity index is 969. The van der Waals surface area contributed by atoms with Crippen LogP contribution in [0.2, 0.25) is 5.02 Å². The molecule has 156 valence electrons. The molecule has 4 rings (SSSR count). The van der Waals surface area contributed by atoms with E-state index in [9.17, 15) is 4.79 Å². The van der Waals surface area contributed by atoms with Gasteiger partial charge in [-0.15, -0.1) is 10.2 Å². The number of para-hydroxylation sites is 1. The van der Waals surface area contributed by atoms with Crippen LogP contribution >= 0.6 is 23.4 Å². The average molecular weight is 441 g/mol. The zero-order valence-electron chi connectivity index (χ0n) is 16.8. The summed E-state index contributed by atoms with van der Waals surface area (Å²) in [6.45, 7) is 1.83. The minimum Gasteiger partial charge on any atom is -0.343 e. The summed E-state index contributed by atoms with van der Waals surface area (Å²) in [7, 11) is 0. The van der Waals surface area contributed by atoms with Crippen molar-refractivity contribution < 1.29 is 4.79 Å². The van der Waals surface area contributed by atoms with E-state index in [0.29, 0.717) is 11.4 Å². The van der Waals surface area contributed by atoms with Gasteiger partial charge in [0.25, 0.3) is 0 Å². The molecule has 1 aliphatic rings. The Kier molecular flexibility index (Phi) is 7.07. The molecular weight excluding hydrogens is 416 g/mol. The van der Waals surface area contributed by atoms with Gasteiger partial charge in [0.15, 0.2) is 11.0 Å². The Labute approximate surface area is 186 Å².